The number of aliphatic carboxylic acids is 1. The van der Waals surface area contributed by atoms with Crippen LogP contribution in [0.25, 0.3) is 16.5 Å². The van der Waals surface area contributed by atoms with Crippen molar-refractivity contribution in [3.05, 3.63) is 52.8 Å². The van der Waals surface area contributed by atoms with Crippen molar-refractivity contribution in [3.8, 4) is 5.69 Å². The van der Waals surface area contributed by atoms with E-state index >= 15 is 0 Å². The second-order valence-corrected chi connectivity index (χ2v) is 8.66. The van der Waals surface area contributed by atoms with E-state index in [0.717, 1.165) is 22.1 Å². The molecule has 0 radical (unpaired) electrons. The average Bonchev–Trinajstić information content (AvgIpc) is 2.93. The lowest BCUT2D eigenvalue weighted by molar-refractivity contribution is -0.138. The van der Waals surface area contributed by atoms with E-state index in [4.69, 9.17) is 0 Å². The van der Waals surface area contributed by atoms with Gasteiger partial charge in [-0.25, -0.2) is 4.98 Å². The van der Waals surface area contributed by atoms with Crippen LogP contribution in [0.2, 0.25) is 0 Å². The molecule has 0 bridgehead atoms. The van der Waals surface area contributed by atoms with Crippen LogP contribution in [-0.2, 0) is 11.2 Å². The first-order chi connectivity index (χ1) is 11.8. The lowest BCUT2D eigenvalue weighted by Gasteiger charge is -2.20. The Labute approximate surface area is 159 Å². The van der Waals surface area contributed by atoms with E-state index in [0.29, 0.717) is 5.16 Å². The highest BCUT2D eigenvalue weighted by Gasteiger charge is 2.31. The molecule has 0 amide bonds. The molecule has 130 valence electrons. The number of rotatable bonds is 5. The SMILES string of the molecule is CCc1ccc(-n2c(Br)cnc2SC(C)(C)C(=O)O)c2ccccc12. The largest absolute Gasteiger partial charge is 0.480 e. The van der Waals surface area contributed by atoms with Crippen molar-refractivity contribution in [2.24, 2.45) is 0 Å². The molecule has 0 saturated heterocycles. The van der Waals surface area contributed by atoms with E-state index < -0.39 is 10.7 Å². The predicted molar refractivity (Wildman–Crippen MR) is 106 cm³/mol. The second-order valence-electron chi connectivity index (χ2n) is 6.26. The number of nitrogens with zero attached hydrogens (tertiary/aromatic N) is 2. The second kappa shape index (κ2) is 6.84. The first kappa shape index (κ1) is 18.0. The molecule has 0 fully saturated rings. The summed E-state index contributed by atoms with van der Waals surface area (Å²) < 4.78 is 1.80. The number of benzene rings is 2. The quantitative estimate of drug-likeness (QED) is 0.570. The molecule has 0 aliphatic rings. The molecule has 4 nitrogen and oxygen atoms in total. The van der Waals surface area contributed by atoms with Crippen LogP contribution in [0.15, 0.2) is 52.4 Å². The zero-order chi connectivity index (χ0) is 18.2. The lowest BCUT2D eigenvalue weighted by Crippen LogP contribution is -2.27. The number of carboxylic acids is 1. The minimum Gasteiger partial charge on any atom is -0.480 e. The molecular weight excluding hydrogens is 400 g/mol. The first-order valence-corrected chi connectivity index (χ1v) is 9.62. The number of hydrogen-bond acceptors (Lipinski definition) is 3. The summed E-state index contributed by atoms with van der Waals surface area (Å²) in [6.45, 7) is 5.52. The van der Waals surface area contributed by atoms with Gasteiger partial charge in [0.15, 0.2) is 5.16 Å². The Morgan fingerprint density at radius 3 is 2.56 bits per heavy atom. The van der Waals surface area contributed by atoms with Gasteiger partial charge in [0.05, 0.1) is 11.9 Å². The minimum absolute atomic E-state index is 0.647. The number of hydrogen-bond donors (Lipinski definition) is 1. The van der Waals surface area contributed by atoms with Crippen LogP contribution >= 0.6 is 27.7 Å². The standard InChI is InChI=1S/C19H19BrN2O2S/c1-4-12-9-10-15(14-8-6-5-7-13(12)14)22-16(20)11-21-18(22)25-19(2,3)17(23)24/h5-11H,4H2,1-3H3,(H,23,24). The summed E-state index contributed by atoms with van der Waals surface area (Å²) in [4.78, 5) is 15.9. The van der Waals surface area contributed by atoms with Crippen LogP contribution in [-0.4, -0.2) is 25.4 Å². The van der Waals surface area contributed by atoms with Gasteiger partial charge in [0.1, 0.15) is 9.35 Å². The fourth-order valence-electron chi connectivity index (χ4n) is 2.73. The highest BCUT2D eigenvalue weighted by Crippen LogP contribution is 2.37. The number of carbonyl (C=O) groups is 1. The molecule has 1 aromatic heterocycles. The van der Waals surface area contributed by atoms with Crippen LogP contribution in [0.3, 0.4) is 0 Å². The van der Waals surface area contributed by atoms with Gasteiger partial charge in [-0.05, 0) is 53.2 Å². The normalized spacial score (nSPS) is 11.8. The van der Waals surface area contributed by atoms with Crippen molar-refractivity contribution in [1.29, 1.82) is 0 Å². The van der Waals surface area contributed by atoms with Gasteiger partial charge in [-0.15, -0.1) is 0 Å². The molecule has 0 saturated carbocycles. The first-order valence-electron chi connectivity index (χ1n) is 8.01. The van der Waals surface area contributed by atoms with Crippen molar-refractivity contribution in [3.63, 3.8) is 0 Å². The lowest BCUT2D eigenvalue weighted by atomic mass is 10.0. The van der Waals surface area contributed by atoms with E-state index in [9.17, 15) is 9.90 Å². The molecule has 25 heavy (non-hydrogen) atoms. The Bertz CT molecular complexity index is 950. The zero-order valence-corrected chi connectivity index (χ0v) is 16.7. The smallest absolute Gasteiger partial charge is 0.319 e. The summed E-state index contributed by atoms with van der Waals surface area (Å²) in [5, 5.41) is 12.4. The molecule has 1 heterocycles. The number of carboxylic acid groups (broad SMARTS) is 1. The van der Waals surface area contributed by atoms with Crippen LogP contribution in [0, 0.1) is 0 Å². The molecule has 0 unspecified atom stereocenters. The van der Waals surface area contributed by atoms with Crippen LogP contribution in [0.4, 0.5) is 0 Å². The number of halogens is 1. The van der Waals surface area contributed by atoms with Crippen LogP contribution in [0.1, 0.15) is 26.3 Å². The van der Waals surface area contributed by atoms with Gasteiger partial charge in [-0.3, -0.25) is 9.36 Å². The van der Waals surface area contributed by atoms with Crippen molar-refractivity contribution < 1.29 is 9.90 Å². The van der Waals surface area contributed by atoms with E-state index in [1.165, 1.54) is 22.7 Å². The van der Waals surface area contributed by atoms with Gasteiger partial charge < -0.3 is 5.11 Å². The van der Waals surface area contributed by atoms with Gasteiger partial charge in [0, 0.05) is 5.39 Å². The van der Waals surface area contributed by atoms with Crippen LogP contribution in [0.5, 0.6) is 0 Å². The summed E-state index contributed by atoms with van der Waals surface area (Å²) in [7, 11) is 0. The molecule has 3 aromatic rings. The predicted octanol–water partition coefficient (Wildman–Crippen LogP) is 5.31. The van der Waals surface area contributed by atoms with Crippen LogP contribution < -0.4 is 0 Å². The number of aryl methyl sites for hydroxylation is 1. The third-order valence-corrected chi connectivity index (χ3v) is 5.88. The monoisotopic (exact) mass is 418 g/mol. The summed E-state index contributed by atoms with van der Waals surface area (Å²) in [5.41, 5.74) is 2.27. The van der Waals surface area contributed by atoms with E-state index in [-0.39, 0.29) is 0 Å². The molecule has 2 aromatic carbocycles. The number of fused-ring (bicyclic) bond motifs is 1. The molecule has 0 aliphatic carbocycles. The fraction of sp³-hybridized carbons (Fsp3) is 0.263. The van der Waals surface area contributed by atoms with Crippen molar-refractivity contribution >= 4 is 44.4 Å². The molecule has 0 aliphatic heterocycles. The summed E-state index contributed by atoms with van der Waals surface area (Å²) in [6.07, 6.45) is 2.67. The van der Waals surface area contributed by atoms with Gasteiger partial charge in [0.2, 0.25) is 0 Å². The highest BCUT2D eigenvalue weighted by molar-refractivity contribution is 9.10. The summed E-state index contributed by atoms with van der Waals surface area (Å²) in [6, 6.07) is 12.5. The van der Waals surface area contributed by atoms with Crippen molar-refractivity contribution in [2.75, 3.05) is 0 Å². The average molecular weight is 419 g/mol. The van der Waals surface area contributed by atoms with E-state index in [2.05, 4.69) is 52.1 Å². The molecule has 3 rings (SSSR count). The molecule has 1 N–H and O–H groups in total. The summed E-state index contributed by atoms with van der Waals surface area (Å²) in [5.74, 6) is -0.866. The number of aromatic nitrogens is 2. The Morgan fingerprint density at radius 1 is 1.24 bits per heavy atom. The molecule has 0 atom stereocenters. The highest BCUT2D eigenvalue weighted by atomic mass is 79.9. The van der Waals surface area contributed by atoms with E-state index in [1.54, 1.807) is 20.0 Å². The van der Waals surface area contributed by atoms with Crippen molar-refractivity contribution in [1.82, 2.24) is 9.55 Å². The molecule has 0 spiro atoms. The van der Waals surface area contributed by atoms with Gasteiger partial charge in [0.25, 0.3) is 0 Å². The number of imidazole rings is 1. The Morgan fingerprint density at radius 2 is 1.92 bits per heavy atom. The maximum Gasteiger partial charge on any atom is 0.319 e. The third-order valence-electron chi connectivity index (χ3n) is 4.16. The van der Waals surface area contributed by atoms with E-state index in [1.807, 2.05) is 16.7 Å². The summed E-state index contributed by atoms with van der Waals surface area (Å²) >= 11 is 4.80. The van der Waals surface area contributed by atoms with Gasteiger partial charge in [-0.1, -0.05) is 49.0 Å². The maximum absolute atomic E-state index is 11.5. The number of thioether (sulfide) groups is 1. The fourth-order valence-corrected chi connectivity index (χ4v) is 4.24. The van der Waals surface area contributed by atoms with Gasteiger partial charge in [-0.2, -0.15) is 0 Å². The molecular formula is C19H19BrN2O2S. The Hall–Kier alpha value is -1.79. The topological polar surface area (TPSA) is 55.1 Å². The Kier molecular flexibility index (Phi) is 4.93. The molecule has 6 heteroatoms. The third kappa shape index (κ3) is 3.33. The minimum atomic E-state index is -0.971. The zero-order valence-electron chi connectivity index (χ0n) is 14.3. The van der Waals surface area contributed by atoms with Crippen molar-refractivity contribution in [2.45, 2.75) is 37.1 Å². The maximum atomic E-state index is 11.5. The Balaban J connectivity index is 2.20. The van der Waals surface area contributed by atoms with Gasteiger partial charge >= 0.3 is 5.97 Å².